The van der Waals surface area contributed by atoms with E-state index in [1.54, 1.807) is 25.1 Å². The molecule has 1 heterocycles. The minimum atomic E-state index is -0.365. The topological polar surface area (TPSA) is 103 Å². The van der Waals surface area contributed by atoms with Crippen molar-refractivity contribution < 1.29 is 23.6 Å². The first-order valence-electron chi connectivity index (χ1n) is 7.27. The zero-order chi connectivity index (χ0) is 17.5. The van der Waals surface area contributed by atoms with Crippen LogP contribution in [0.3, 0.4) is 0 Å². The van der Waals surface area contributed by atoms with Gasteiger partial charge in [0.15, 0.2) is 5.69 Å². The van der Waals surface area contributed by atoms with Gasteiger partial charge >= 0.3 is 0 Å². The predicted molar refractivity (Wildman–Crippen MR) is 85.5 cm³/mol. The molecule has 2 aromatic rings. The van der Waals surface area contributed by atoms with Crippen LogP contribution in [-0.4, -0.2) is 44.3 Å². The number of rotatable bonds is 7. The standard InChI is InChI=1S/C16H19N3O5/c1-10-9-11(19-24-10)15(20)17-7-8-18-16(21)14-12(22-2)5-4-6-13(14)23-3/h4-6,9H,7-8H2,1-3H3,(H,17,20)(H,18,21). The molecule has 0 saturated carbocycles. The van der Waals surface area contributed by atoms with Gasteiger partial charge in [-0.05, 0) is 19.1 Å². The Hall–Kier alpha value is -3.03. The second-order valence-electron chi connectivity index (χ2n) is 4.87. The molecule has 24 heavy (non-hydrogen) atoms. The molecule has 2 amide bonds. The molecule has 0 aliphatic heterocycles. The molecule has 1 aromatic carbocycles. The number of hydrogen-bond acceptors (Lipinski definition) is 6. The Kier molecular flexibility index (Phi) is 5.78. The van der Waals surface area contributed by atoms with E-state index in [4.69, 9.17) is 14.0 Å². The van der Waals surface area contributed by atoms with Crippen molar-refractivity contribution in [2.45, 2.75) is 6.92 Å². The number of amides is 2. The Labute approximate surface area is 139 Å². The molecule has 1 aromatic heterocycles. The number of carbonyl (C=O) groups excluding carboxylic acids is 2. The Bertz CT molecular complexity index is 704. The van der Waals surface area contributed by atoms with Crippen molar-refractivity contribution in [2.75, 3.05) is 27.3 Å². The van der Waals surface area contributed by atoms with Gasteiger partial charge in [-0.1, -0.05) is 11.2 Å². The van der Waals surface area contributed by atoms with Crippen molar-refractivity contribution in [3.63, 3.8) is 0 Å². The lowest BCUT2D eigenvalue weighted by Gasteiger charge is -2.13. The minimum Gasteiger partial charge on any atom is -0.496 e. The highest BCUT2D eigenvalue weighted by Crippen LogP contribution is 2.27. The number of nitrogens with zero attached hydrogens (tertiary/aromatic N) is 1. The number of benzene rings is 1. The molecular weight excluding hydrogens is 314 g/mol. The average Bonchev–Trinajstić information content (AvgIpc) is 3.03. The van der Waals surface area contributed by atoms with Gasteiger partial charge in [-0.3, -0.25) is 9.59 Å². The maximum Gasteiger partial charge on any atom is 0.273 e. The van der Waals surface area contributed by atoms with Gasteiger partial charge in [0, 0.05) is 19.2 Å². The Balaban J connectivity index is 1.89. The number of methoxy groups -OCH3 is 2. The lowest BCUT2D eigenvalue weighted by atomic mass is 10.1. The first-order chi connectivity index (χ1) is 11.6. The first-order valence-corrected chi connectivity index (χ1v) is 7.27. The Morgan fingerprint density at radius 1 is 1.08 bits per heavy atom. The monoisotopic (exact) mass is 333 g/mol. The summed E-state index contributed by atoms with van der Waals surface area (Å²) in [6, 6.07) is 6.61. The van der Waals surface area contributed by atoms with Crippen molar-refractivity contribution in [3.8, 4) is 11.5 Å². The van der Waals surface area contributed by atoms with Crippen LogP contribution in [0.1, 0.15) is 26.6 Å². The quantitative estimate of drug-likeness (QED) is 0.737. The zero-order valence-corrected chi connectivity index (χ0v) is 13.7. The summed E-state index contributed by atoms with van der Waals surface area (Å²) in [6.07, 6.45) is 0. The van der Waals surface area contributed by atoms with Crippen LogP contribution in [0.4, 0.5) is 0 Å². The van der Waals surface area contributed by atoms with Gasteiger partial charge in [0.25, 0.3) is 11.8 Å². The molecule has 0 unspecified atom stereocenters. The summed E-state index contributed by atoms with van der Waals surface area (Å²) < 4.78 is 15.2. The molecule has 128 valence electrons. The number of aryl methyl sites for hydroxylation is 1. The molecule has 2 rings (SSSR count). The molecule has 0 atom stereocenters. The van der Waals surface area contributed by atoms with Crippen LogP contribution in [0.5, 0.6) is 11.5 Å². The highest BCUT2D eigenvalue weighted by Gasteiger charge is 2.17. The van der Waals surface area contributed by atoms with E-state index >= 15 is 0 Å². The van der Waals surface area contributed by atoms with E-state index in [0.29, 0.717) is 22.8 Å². The van der Waals surface area contributed by atoms with Gasteiger partial charge < -0.3 is 24.6 Å². The highest BCUT2D eigenvalue weighted by molar-refractivity contribution is 5.99. The molecular formula is C16H19N3O5. The second kappa shape index (κ2) is 8.00. The summed E-state index contributed by atoms with van der Waals surface area (Å²) in [5.74, 6) is 0.659. The average molecular weight is 333 g/mol. The highest BCUT2D eigenvalue weighted by atomic mass is 16.5. The van der Waals surface area contributed by atoms with Gasteiger partial charge in [-0.15, -0.1) is 0 Å². The number of carbonyl (C=O) groups is 2. The summed E-state index contributed by atoms with van der Waals surface area (Å²) in [6.45, 7) is 2.18. The van der Waals surface area contributed by atoms with Crippen molar-refractivity contribution >= 4 is 11.8 Å². The van der Waals surface area contributed by atoms with E-state index in [1.807, 2.05) is 0 Å². The van der Waals surface area contributed by atoms with Crippen LogP contribution in [0.2, 0.25) is 0 Å². The molecule has 0 fully saturated rings. The van der Waals surface area contributed by atoms with Crippen LogP contribution in [0.25, 0.3) is 0 Å². The summed E-state index contributed by atoms with van der Waals surface area (Å²) >= 11 is 0. The number of aromatic nitrogens is 1. The third kappa shape index (κ3) is 4.03. The summed E-state index contributed by atoms with van der Waals surface area (Å²) in [7, 11) is 2.96. The number of ether oxygens (including phenoxy) is 2. The van der Waals surface area contributed by atoms with Crippen molar-refractivity contribution in [1.82, 2.24) is 15.8 Å². The van der Waals surface area contributed by atoms with E-state index in [0.717, 1.165) is 0 Å². The second-order valence-corrected chi connectivity index (χ2v) is 4.87. The lowest BCUT2D eigenvalue weighted by molar-refractivity contribution is 0.0919. The maximum atomic E-state index is 12.3. The van der Waals surface area contributed by atoms with E-state index in [9.17, 15) is 9.59 Å². The lowest BCUT2D eigenvalue weighted by Crippen LogP contribution is -2.35. The van der Waals surface area contributed by atoms with Crippen molar-refractivity contribution in [3.05, 3.63) is 41.3 Å². The van der Waals surface area contributed by atoms with Crippen LogP contribution < -0.4 is 20.1 Å². The van der Waals surface area contributed by atoms with Gasteiger partial charge in [0.2, 0.25) is 0 Å². The summed E-state index contributed by atoms with van der Waals surface area (Å²) in [5, 5.41) is 8.96. The smallest absolute Gasteiger partial charge is 0.273 e. The fourth-order valence-corrected chi connectivity index (χ4v) is 2.08. The molecule has 8 heteroatoms. The summed E-state index contributed by atoms with van der Waals surface area (Å²) in [4.78, 5) is 24.1. The van der Waals surface area contributed by atoms with Crippen LogP contribution in [0.15, 0.2) is 28.8 Å². The van der Waals surface area contributed by atoms with Gasteiger partial charge in [-0.2, -0.15) is 0 Å². The van der Waals surface area contributed by atoms with Gasteiger partial charge in [0.1, 0.15) is 22.8 Å². The number of nitrogens with one attached hydrogen (secondary N) is 2. The molecule has 8 nitrogen and oxygen atoms in total. The molecule has 0 aliphatic carbocycles. The normalized spacial score (nSPS) is 10.1. The van der Waals surface area contributed by atoms with E-state index in [1.165, 1.54) is 20.3 Å². The maximum absolute atomic E-state index is 12.3. The SMILES string of the molecule is COc1cccc(OC)c1C(=O)NCCNC(=O)c1cc(C)on1. The van der Waals surface area contributed by atoms with Gasteiger partial charge in [-0.25, -0.2) is 0 Å². The molecule has 0 spiro atoms. The molecule has 0 bridgehead atoms. The van der Waals surface area contributed by atoms with E-state index in [-0.39, 0.29) is 30.6 Å². The molecule has 0 radical (unpaired) electrons. The Morgan fingerprint density at radius 2 is 1.67 bits per heavy atom. The van der Waals surface area contributed by atoms with E-state index in [2.05, 4.69) is 15.8 Å². The third-order valence-electron chi connectivity index (χ3n) is 3.21. The third-order valence-corrected chi connectivity index (χ3v) is 3.21. The van der Waals surface area contributed by atoms with Crippen molar-refractivity contribution in [1.29, 1.82) is 0 Å². The minimum absolute atomic E-state index is 0.199. The molecule has 2 N–H and O–H groups in total. The molecule has 0 saturated heterocycles. The van der Waals surface area contributed by atoms with Crippen LogP contribution in [0, 0.1) is 6.92 Å². The van der Waals surface area contributed by atoms with Crippen LogP contribution >= 0.6 is 0 Å². The first kappa shape index (κ1) is 17.3. The van der Waals surface area contributed by atoms with Crippen molar-refractivity contribution in [2.24, 2.45) is 0 Å². The van der Waals surface area contributed by atoms with E-state index < -0.39 is 0 Å². The van der Waals surface area contributed by atoms with Crippen LogP contribution in [-0.2, 0) is 0 Å². The molecule has 0 aliphatic rings. The predicted octanol–water partition coefficient (Wildman–Crippen LogP) is 1.16. The fraction of sp³-hybridized carbons (Fsp3) is 0.312. The summed E-state index contributed by atoms with van der Waals surface area (Å²) in [5.41, 5.74) is 0.506. The largest absolute Gasteiger partial charge is 0.496 e. The fourth-order valence-electron chi connectivity index (χ4n) is 2.08. The van der Waals surface area contributed by atoms with Gasteiger partial charge in [0.05, 0.1) is 14.2 Å². The number of hydrogen-bond donors (Lipinski definition) is 2. The zero-order valence-electron chi connectivity index (χ0n) is 13.7. The Morgan fingerprint density at radius 3 is 2.17 bits per heavy atom.